The Morgan fingerprint density at radius 1 is 1.39 bits per heavy atom. The van der Waals surface area contributed by atoms with E-state index in [1.54, 1.807) is 11.8 Å². The summed E-state index contributed by atoms with van der Waals surface area (Å²) in [5.74, 6) is 1.31. The van der Waals surface area contributed by atoms with E-state index in [0.29, 0.717) is 10.9 Å². The van der Waals surface area contributed by atoms with E-state index >= 15 is 0 Å². The molecule has 1 aromatic heterocycles. The van der Waals surface area contributed by atoms with Crippen LogP contribution < -0.4 is 5.32 Å². The number of thioether (sulfide) groups is 1. The number of nitrogens with zero attached hydrogens (tertiary/aromatic N) is 1. The van der Waals surface area contributed by atoms with Gasteiger partial charge in [0.05, 0.1) is 11.4 Å². The number of nitrogens with one attached hydrogen (secondary N) is 1. The fourth-order valence-electron chi connectivity index (χ4n) is 1.40. The molecule has 1 N–H and O–H groups in total. The summed E-state index contributed by atoms with van der Waals surface area (Å²) in [5, 5.41) is 5.40. The molecule has 0 saturated carbocycles. The van der Waals surface area contributed by atoms with Crippen LogP contribution in [-0.4, -0.2) is 16.6 Å². The molecule has 0 saturated heterocycles. The van der Waals surface area contributed by atoms with Crippen LogP contribution in [-0.2, 0) is 10.5 Å². The number of carbonyl (C=O) groups is 1. The van der Waals surface area contributed by atoms with Crippen molar-refractivity contribution in [1.82, 2.24) is 4.98 Å². The van der Waals surface area contributed by atoms with Gasteiger partial charge in [0, 0.05) is 11.1 Å². The molecule has 0 unspecified atom stereocenters. The van der Waals surface area contributed by atoms with Crippen molar-refractivity contribution < 1.29 is 4.79 Å². The van der Waals surface area contributed by atoms with Gasteiger partial charge in [0.25, 0.3) is 0 Å². The molecule has 0 fully saturated rings. The Morgan fingerprint density at radius 2 is 2.17 bits per heavy atom. The third-order valence-corrected chi connectivity index (χ3v) is 4.09. The van der Waals surface area contributed by atoms with Gasteiger partial charge in [-0.25, -0.2) is 4.98 Å². The summed E-state index contributed by atoms with van der Waals surface area (Å²) in [7, 11) is 0. The topological polar surface area (TPSA) is 42.0 Å². The molecule has 3 nitrogen and oxygen atoms in total. The number of rotatable bonds is 5. The largest absolute Gasteiger partial charge is 0.301 e. The van der Waals surface area contributed by atoms with Crippen LogP contribution in [0.4, 0.5) is 5.13 Å². The van der Waals surface area contributed by atoms with Gasteiger partial charge in [0.1, 0.15) is 0 Å². The molecule has 0 aliphatic heterocycles. The molecule has 0 bridgehead atoms. The molecule has 18 heavy (non-hydrogen) atoms. The predicted molar refractivity (Wildman–Crippen MR) is 78.1 cm³/mol. The van der Waals surface area contributed by atoms with E-state index in [-0.39, 0.29) is 5.91 Å². The zero-order valence-electron chi connectivity index (χ0n) is 10.1. The number of benzene rings is 1. The molecule has 0 spiro atoms. The molecule has 0 aliphatic carbocycles. The summed E-state index contributed by atoms with van der Waals surface area (Å²) in [6.45, 7) is 1.91. The van der Waals surface area contributed by atoms with E-state index < -0.39 is 0 Å². The van der Waals surface area contributed by atoms with E-state index in [0.717, 1.165) is 11.4 Å². The number of carbonyl (C=O) groups excluding carboxylic acids is 1. The molecule has 2 aromatic rings. The maximum atomic E-state index is 11.6. The second-order valence-electron chi connectivity index (χ2n) is 3.82. The molecule has 1 heterocycles. The van der Waals surface area contributed by atoms with E-state index in [1.165, 1.54) is 16.9 Å². The summed E-state index contributed by atoms with van der Waals surface area (Å²) in [5.41, 5.74) is 2.17. The Hall–Kier alpha value is -1.33. The first kappa shape index (κ1) is 13.1. The smallest absolute Gasteiger partial charge is 0.236 e. The third-order valence-electron chi connectivity index (χ3n) is 2.21. The van der Waals surface area contributed by atoms with E-state index in [4.69, 9.17) is 0 Å². The Balaban J connectivity index is 1.72. The average Bonchev–Trinajstić information content (AvgIpc) is 2.76. The maximum absolute atomic E-state index is 11.6. The summed E-state index contributed by atoms with van der Waals surface area (Å²) >= 11 is 3.06. The lowest BCUT2D eigenvalue weighted by Crippen LogP contribution is -2.13. The van der Waals surface area contributed by atoms with E-state index in [2.05, 4.69) is 22.4 Å². The van der Waals surface area contributed by atoms with Crippen LogP contribution in [0.25, 0.3) is 0 Å². The van der Waals surface area contributed by atoms with Crippen LogP contribution in [0.1, 0.15) is 11.3 Å². The number of amides is 1. The van der Waals surface area contributed by atoms with Crippen molar-refractivity contribution in [2.45, 2.75) is 12.7 Å². The first-order valence-electron chi connectivity index (χ1n) is 5.57. The first-order valence-corrected chi connectivity index (χ1v) is 7.61. The van der Waals surface area contributed by atoms with Crippen LogP contribution >= 0.6 is 23.1 Å². The molecule has 0 atom stereocenters. The normalized spacial score (nSPS) is 10.3. The number of anilines is 1. The van der Waals surface area contributed by atoms with Crippen LogP contribution in [0.3, 0.4) is 0 Å². The molecular weight excluding hydrogens is 264 g/mol. The highest BCUT2D eigenvalue weighted by atomic mass is 32.2. The Kier molecular flexibility index (Phi) is 4.78. The summed E-state index contributed by atoms with van der Waals surface area (Å²) in [6.07, 6.45) is 0. The van der Waals surface area contributed by atoms with E-state index in [1.807, 2.05) is 30.5 Å². The van der Waals surface area contributed by atoms with Gasteiger partial charge in [0.2, 0.25) is 5.91 Å². The van der Waals surface area contributed by atoms with Gasteiger partial charge in [-0.05, 0) is 12.5 Å². The number of aryl methyl sites for hydroxylation is 1. The minimum absolute atomic E-state index is 0.00489. The lowest BCUT2D eigenvalue weighted by atomic mass is 10.2. The van der Waals surface area contributed by atoms with Gasteiger partial charge in [0.15, 0.2) is 5.13 Å². The Labute approximate surface area is 115 Å². The second-order valence-corrected chi connectivity index (χ2v) is 5.66. The quantitative estimate of drug-likeness (QED) is 0.912. The van der Waals surface area contributed by atoms with Gasteiger partial charge >= 0.3 is 0 Å². The Morgan fingerprint density at radius 3 is 2.83 bits per heavy atom. The number of aromatic nitrogens is 1. The molecule has 2 rings (SSSR count). The molecule has 94 valence electrons. The zero-order valence-corrected chi connectivity index (χ0v) is 11.7. The van der Waals surface area contributed by atoms with Crippen molar-refractivity contribution in [2.75, 3.05) is 11.1 Å². The lowest BCUT2D eigenvalue weighted by Gasteiger charge is -2.02. The molecule has 1 aromatic carbocycles. The standard InChI is InChI=1S/C13H14N2OS2/c1-10-7-18-13(14-10)15-12(16)9-17-8-11-5-3-2-4-6-11/h2-7H,8-9H2,1H3,(H,14,15,16). The van der Waals surface area contributed by atoms with Crippen molar-refractivity contribution in [3.63, 3.8) is 0 Å². The number of hydrogen-bond donors (Lipinski definition) is 1. The molecule has 1 amide bonds. The molecule has 0 aliphatic rings. The lowest BCUT2D eigenvalue weighted by molar-refractivity contribution is -0.113. The van der Waals surface area contributed by atoms with Gasteiger partial charge in [-0.15, -0.1) is 23.1 Å². The van der Waals surface area contributed by atoms with E-state index in [9.17, 15) is 4.79 Å². The molecular formula is C13H14N2OS2. The van der Waals surface area contributed by atoms with Crippen molar-refractivity contribution in [3.05, 3.63) is 47.0 Å². The van der Waals surface area contributed by atoms with Crippen LogP contribution in [0.5, 0.6) is 0 Å². The SMILES string of the molecule is Cc1csc(NC(=O)CSCc2ccccc2)n1. The predicted octanol–water partition coefficient (Wildman–Crippen LogP) is 3.32. The van der Waals surface area contributed by atoms with Crippen molar-refractivity contribution in [1.29, 1.82) is 0 Å². The minimum atomic E-state index is 0.00489. The molecule has 0 radical (unpaired) electrons. The van der Waals surface area contributed by atoms with Gasteiger partial charge < -0.3 is 5.32 Å². The number of thiazole rings is 1. The van der Waals surface area contributed by atoms with Gasteiger partial charge in [-0.1, -0.05) is 30.3 Å². The first-order chi connectivity index (χ1) is 8.74. The van der Waals surface area contributed by atoms with Gasteiger partial charge in [-0.3, -0.25) is 4.79 Å². The maximum Gasteiger partial charge on any atom is 0.236 e. The second kappa shape index (κ2) is 6.56. The fraction of sp³-hybridized carbons (Fsp3) is 0.231. The highest BCUT2D eigenvalue weighted by Gasteiger charge is 2.05. The van der Waals surface area contributed by atoms with Crippen molar-refractivity contribution in [2.24, 2.45) is 0 Å². The van der Waals surface area contributed by atoms with Crippen LogP contribution in [0.15, 0.2) is 35.7 Å². The Bertz CT molecular complexity index is 511. The van der Waals surface area contributed by atoms with Crippen molar-refractivity contribution >= 4 is 34.1 Å². The van der Waals surface area contributed by atoms with Crippen LogP contribution in [0, 0.1) is 6.92 Å². The fourth-order valence-corrected chi connectivity index (χ4v) is 2.89. The minimum Gasteiger partial charge on any atom is -0.301 e. The van der Waals surface area contributed by atoms with Crippen molar-refractivity contribution in [3.8, 4) is 0 Å². The van der Waals surface area contributed by atoms with Gasteiger partial charge in [-0.2, -0.15) is 0 Å². The monoisotopic (exact) mass is 278 g/mol. The summed E-state index contributed by atoms with van der Waals surface area (Å²) in [4.78, 5) is 15.8. The number of hydrogen-bond acceptors (Lipinski definition) is 4. The highest BCUT2D eigenvalue weighted by Crippen LogP contribution is 2.16. The summed E-state index contributed by atoms with van der Waals surface area (Å²) in [6, 6.07) is 10.1. The average molecular weight is 278 g/mol. The highest BCUT2D eigenvalue weighted by molar-refractivity contribution is 7.99. The summed E-state index contributed by atoms with van der Waals surface area (Å²) < 4.78 is 0. The van der Waals surface area contributed by atoms with Crippen LogP contribution in [0.2, 0.25) is 0 Å². The molecule has 5 heteroatoms. The third kappa shape index (κ3) is 4.16. The zero-order chi connectivity index (χ0) is 12.8.